The number of hydrogen-bond donors (Lipinski definition) is 3. The third-order valence-corrected chi connectivity index (χ3v) is 10.8. The molecule has 6 heteroatoms. The molecule has 3 N–H and O–H groups in total. The van der Waals surface area contributed by atoms with Crippen molar-refractivity contribution in [2.45, 2.75) is 0 Å². The van der Waals surface area contributed by atoms with E-state index in [4.69, 9.17) is 15.0 Å². The van der Waals surface area contributed by atoms with E-state index in [2.05, 4.69) is 167 Å². The van der Waals surface area contributed by atoms with Gasteiger partial charge in [-0.05, 0) is 76.9 Å². The summed E-state index contributed by atoms with van der Waals surface area (Å²) in [5, 5.41) is 0. The van der Waals surface area contributed by atoms with Gasteiger partial charge in [-0.15, -0.1) is 0 Å². The zero-order valence-corrected chi connectivity index (χ0v) is 30.7. The molecule has 57 heavy (non-hydrogen) atoms. The molecule has 0 spiro atoms. The second kappa shape index (κ2) is 13.5. The fraction of sp³-hybridized carbons (Fsp3) is 0. The number of aromatic nitrogens is 6. The zero-order chi connectivity index (χ0) is 37.7. The molecule has 5 aromatic carbocycles. The van der Waals surface area contributed by atoms with E-state index in [9.17, 15) is 0 Å². The van der Waals surface area contributed by atoms with Crippen molar-refractivity contribution < 1.29 is 0 Å². The summed E-state index contributed by atoms with van der Waals surface area (Å²) in [4.78, 5) is 27.5. The lowest BCUT2D eigenvalue weighted by Gasteiger charge is -2.07. The monoisotopic (exact) mass is 730 g/mol. The highest BCUT2D eigenvalue weighted by Gasteiger charge is 2.22. The van der Waals surface area contributed by atoms with Gasteiger partial charge in [-0.1, -0.05) is 133 Å². The molecule has 0 saturated heterocycles. The Morgan fingerprint density at radius 3 is 1.23 bits per heavy atom. The van der Waals surface area contributed by atoms with Gasteiger partial charge < -0.3 is 15.0 Å². The van der Waals surface area contributed by atoms with Crippen LogP contribution in [0.1, 0.15) is 22.8 Å². The first-order valence-electron chi connectivity index (χ1n) is 19.1. The molecule has 2 aliphatic rings. The van der Waals surface area contributed by atoms with Gasteiger partial charge in [0, 0.05) is 44.4 Å². The summed E-state index contributed by atoms with van der Waals surface area (Å²) in [7, 11) is 0. The first-order chi connectivity index (χ1) is 28.2. The van der Waals surface area contributed by atoms with Gasteiger partial charge in [0.15, 0.2) is 0 Å². The number of rotatable bonds is 5. The first-order valence-corrected chi connectivity index (χ1v) is 19.1. The maximum absolute atomic E-state index is 5.50. The van der Waals surface area contributed by atoms with Crippen LogP contribution >= 0.6 is 0 Å². The number of nitrogens with one attached hydrogen (secondary N) is 3. The molecule has 0 atom stereocenters. The van der Waals surface area contributed by atoms with E-state index in [0.717, 1.165) is 112 Å². The quantitative estimate of drug-likeness (QED) is 0.165. The molecular formula is C51H34N6. The lowest BCUT2D eigenvalue weighted by atomic mass is 10.0. The number of nitrogens with zero attached hydrogens (tertiary/aromatic N) is 3. The lowest BCUT2D eigenvalue weighted by molar-refractivity contribution is 1.31. The Labute approximate surface area is 328 Å². The van der Waals surface area contributed by atoms with Gasteiger partial charge in [-0.2, -0.15) is 0 Å². The second-order valence-electron chi connectivity index (χ2n) is 14.3. The molecule has 4 aromatic heterocycles. The molecule has 268 valence electrons. The van der Waals surface area contributed by atoms with E-state index in [1.165, 1.54) is 0 Å². The molecule has 8 bridgehead atoms. The number of benzene rings is 5. The summed E-state index contributed by atoms with van der Waals surface area (Å²) in [5.74, 6) is 0.769. The van der Waals surface area contributed by atoms with Crippen LogP contribution in [0.25, 0.3) is 113 Å². The fourth-order valence-corrected chi connectivity index (χ4v) is 8.19. The number of para-hydroxylation sites is 2. The highest BCUT2D eigenvalue weighted by atomic mass is 14.9. The standard InChI is InChI=1S/C51H34N6/c1-5-15-32(16-6-1)46-39-25-26-40(52-39)47(33-17-7-2-8-18-33)42-29-30-44(54-42)49(35-21-11-4-12-22-35)50-36(51-56-37-23-13-14-24-38(37)57-51)31-45(55-50)48(34-19-9-3-10-20-34)43-28-27-41(46)53-43/h1-31,52,55H,(H,56,57). The molecule has 6 heterocycles. The summed E-state index contributed by atoms with van der Waals surface area (Å²) in [5.41, 5.74) is 18.3. The second-order valence-corrected chi connectivity index (χ2v) is 14.3. The molecule has 0 fully saturated rings. The molecule has 0 saturated carbocycles. The smallest absolute Gasteiger partial charge is 0.140 e. The van der Waals surface area contributed by atoms with E-state index in [-0.39, 0.29) is 0 Å². The number of hydrogen-bond acceptors (Lipinski definition) is 3. The van der Waals surface area contributed by atoms with Crippen LogP contribution in [0.3, 0.4) is 0 Å². The summed E-state index contributed by atoms with van der Waals surface area (Å²) in [6, 6.07) is 56.7. The highest BCUT2D eigenvalue weighted by Crippen LogP contribution is 2.41. The molecule has 9 aromatic rings. The van der Waals surface area contributed by atoms with Gasteiger partial charge >= 0.3 is 0 Å². The molecular weight excluding hydrogens is 697 g/mol. The van der Waals surface area contributed by atoms with Crippen molar-refractivity contribution in [3.63, 3.8) is 0 Å². The van der Waals surface area contributed by atoms with E-state index >= 15 is 0 Å². The summed E-state index contributed by atoms with van der Waals surface area (Å²) >= 11 is 0. The minimum Gasteiger partial charge on any atom is -0.354 e. The van der Waals surface area contributed by atoms with Crippen LogP contribution in [-0.4, -0.2) is 29.9 Å². The first kappa shape index (κ1) is 32.6. The molecule has 11 rings (SSSR count). The summed E-state index contributed by atoms with van der Waals surface area (Å²) < 4.78 is 0. The number of H-pyrrole nitrogens is 3. The van der Waals surface area contributed by atoms with Gasteiger partial charge in [0.25, 0.3) is 0 Å². The normalized spacial score (nSPS) is 12.1. The topological polar surface area (TPSA) is 86.0 Å². The van der Waals surface area contributed by atoms with E-state index in [1.54, 1.807) is 0 Å². The van der Waals surface area contributed by atoms with Crippen LogP contribution in [0.4, 0.5) is 0 Å². The van der Waals surface area contributed by atoms with Crippen molar-refractivity contribution in [2.75, 3.05) is 0 Å². The predicted octanol–water partition coefficient (Wildman–Crippen LogP) is 12.9. The van der Waals surface area contributed by atoms with Crippen LogP contribution in [0.5, 0.6) is 0 Å². The number of imidazole rings is 1. The minimum absolute atomic E-state index is 0.769. The average molecular weight is 731 g/mol. The van der Waals surface area contributed by atoms with E-state index < -0.39 is 0 Å². The van der Waals surface area contributed by atoms with Crippen LogP contribution in [0.2, 0.25) is 0 Å². The molecule has 0 aliphatic carbocycles. The summed E-state index contributed by atoms with van der Waals surface area (Å²) in [6.07, 6.45) is 8.55. The van der Waals surface area contributed by atoms with Crippen molar-refractivity contribution in [2.24, 2.45) is 0 Å². The Hall–Kier alpha value is -7.83. The van der Waals surface area contributed by atoms with Crippen LogP contribution in [-0.2, 0) is 0 Å². The molecule has 0 unspecified atom stereocenters. The molecule has 0 amide bonds. The van der Waals surface area contributed by atoms with Crippen molar-refractivity contribution in [1.82, 2.24) is 29.9 Å². The Balaban J connectivity index is 1.37. The Morgan fingerprint density at radius 1 is 0.316 bits per heavy atom. The number of fused-ring (bicyclic) bond motifs is 9. The van der Waals surface area contributed by atoms with Gasteiger partial charge in [-0.25, -0.2) is 15.0 Å². The number of aromatic amines is 3. The van der Waals surface area contributed by atoms with Crippen LogP contribution in [0, 0.1) is 0 Å². The van der Waals surface area contributed by atoms with Crippen molar-refractivity contribution in [1.29, 1.82) is 0 Å². The van der Waals surface area contributed by atoms with Gasteiger partial charge in [0.05, 0.1) is 39.3 Å². The van der Waals surface area contributed by atoms with Gasteiger partial charge in [0.2, 0.25) is 0 Å². The predicted molar refractivity (Wildman–Crippen MR) is 236 cm³/mol. The Morgan fingerprint density at radius 2 is 0.737 bits per heavy atom. The largest absolute Gasteiger partial charge is 0.354 e. The third-order valence-electron chi connectivity index (χ3n) is 10.8. The molecule has 0 radical (unpaired) electrons. The SMILES string of the molecule is C1=Cc2nc1c(-c1ccccc1)c1ccc([nH]1)c(-c1ccccc1)c1nc(c(-c3ccccc3)c3[nH]c(cc3-c3nc4ccccc4[nH]3)c2-c2ccccc2)C=C1. The van der Waals surface area contributed by atoms with Crippen LogP contribution < -0.4 is 0 Å². The van der Waals surface area contributed by atoms with Crippen LogP contribution in [0.15, 0.2) is 164 Å². The zero-order valence-electron chi connectivity index (χ0n) is 30.7. The van der Waals surface area contributed by atoms with Crippen molar-refractivity contribution in [3.8, 4) is 55.9 Å². The van der Waals surface area contributed by atoms with E-state index in [0.29, 0.717) is 0 Å². The molecule has 6 nitrogen and oxygen atoms in total. The molecule has 2 aliphatic heterocycles. The fourth-order valence-electron chi connectivity index (χ4n) is 8.19. The maximum atomic E-state index is 5.50. The van der Waals surface area contributed by atoms with E-state index in [1.807, 2.05) is 36.4 Å². The minimum atomic E-state index is 0.769. The summed E-state index contributed by atoms with van der Waals surface area (Å²) in [6.45, 7) is 0. The van der Waals surface area contributed by atoms with Gasteiger partial charge in [-0.3, -0.25) is 0 Å². The third kappa shape index (κ3) is 5.70. The average Bonchev–Trinajstić information content (AvgIpc) is 4.12. The Bertz CT molecular complexity index is 3170. The maximum Gasteiger partial charge on any atom is 0.140 e. The lowest BCUT2D eigenvalue weighted by Crippen LogP contribution is -1.90. The van der Waals surface area contributed by atoms with Crippen molar-refractivity contribution in [3.05, 3.63) is 187 Å². The van der Waals surface area contributed by atoms with Gasteiger partial charge in [0.1, 0.15) is 5.82 Å². The highest BCUT2D eigenvalue weighted by molar-refractivity contribution is 6.04. The van der Waals surface area contributed by atoms with Crippen molar-refractivity contribution >= 4 is 57.4 Å². The Kier molecular flexibility index (Phi) is 7.71.